The van der Waals surface area contributed by atoms with E-state index in [1.54, 1.807) is 17.4 Å². The topological polar surface area (TPSA) is 30.0 Å². The smallest absolute Gasteiger partial charge is 0.185 e. The monoisotopic (exact) mass is 343 g/mol. The third-order valence-corrected chi connectivity index (χ3v) is 4.33. The summed E-state index contributed by atoms with van der Waals surface area (Å²) in [6, 6.07) is 27.2. The highest BCUT2D eigenvalue weighted by molar-refractivity contribution is 7.16. The Morgan fingerprint density at radius 1 is 0.800 bits per heavy atom. The minimum Gasteiger partial charge on any atom is -0.289 e. The Morgan fingerprint density at radius 3 is 2.16 bits per heavy atom. The van der Waals surface area contributed by atoms with E-state index in [1.165, 1.54) is 4.70 Å². The van der Waals surface area contributed by atoms with Gasteiger partial charge in [-0.1, -0.05) is 78.9 Å². The van der Waals surface area contributed by atoms with Crippen LogP contribution >= 0.6 is 11.3 Å². The van der Waals surface area contributed by atoms with Gasteiger partial charge in [0.2, 0.25) is 0 Å². The molecule has 1 aromatic heterocycles. The first-order valence-corrected chi connectivity index (χ1v) is 8.81. The quantitative estimate of drug-likeness (QED) is 0.343. The van der Waals surface area contributed by atoms with E-state index in [0.29, 0.717) is 0 Å². The van der Waals surface area contributed by atoms with Gasteiger partial charge in [-0.15, -0.1) is 11.3 Å². The summed E-state index contributed by atoms with van der Waals surface area (Å²) in [5.41, 5.74) is 4.72. The number of ketones is 1. The Kier molecular flexibility index (Phi) is 5.86. The maximum absolute atomic E-state index is 11.7. The second-order valence-corrected chi connectivity index (χ2v) is 6.18. The summed E-state index contributed by atoms with van der Waals surface area (Å²) in [4.78, 5) is 15.9. The lowest BCUT2D eigenvalue weighted by Gasteiger charge is -1.94. The van der Waals surface area contributed by atoms with Gasteiger partial charge in [0, 0.05) is 5.56 Å². The minimum atomic E-state index is 0.0319. The fraction of sp³-hybridized carbons (Fsp3) is 0. The second kappa shape index (κ2) is 8.71. The zero-order chi connectivity index (χ0) is 17.3. The fourth-order valence-corrected chi connectivity index (χ4v) is 2.92. The molecule has 0 fully saturated rings. The van der Waals surface area contributed by atoms with Crippen LogP contribution in [0.15, 0.2) is 96.5 Å². The predicted molar refractivity (Wildman–Crippen MR) is 106 cm³/mol. The van der Waals surface area contributed by atoms with Gasteiger partial charge in [0.15, 0.2) is 5.78 Å². The zero-order valence-corrected chi connectivity index (χ0v) is 14.4. The molecule has 0 N–H and O–H groups in total. The third kappa shape index (κ3) is 4.96. The molecule has 0 spiro atoms. The number of fused-ring (bicyclic) bond motifs is 1. The van der Waals surface area contributed by atoms with Crippen LogP contribution in [0.25, 0.3) is 16.3 Å². The average Bonchev–Trinajstić information content (AvgIpc) is 3.17. The van der Waals surface area contributed by atoms with Gasteiger partial charge >= 0.3 is 0 Å². The number of hydrogen-bond acceptors (Lipinski definition) is 3. The van der Waals surface area contributed by atoms with Crippen LogP contribution in [0.4, 0.5) is 0 Å². The van der Waals surface area contributed by atoms with Crippen LogP contribution in [-0.4, -0.2) is 10.8 Å². The molecule has 3 aromatic carbocycles. The number of carbonyl (C=O) groups is 1. The molecule has 0 bridgehead atoms. The zero-order valence-electron chi connectivity index (χ0n) is 13.6. The van der Waals surface area contributed by atoms with Crippen molar-refractivity contribution in [1.82, 2.24) is 4.98 Å². The number of nitrogens with zero attached hydrogens (tertiary/aromatic N) is 1. The molecule has 2 nitrogen and oxygen atoms in total. The Morgan fingerprint density at radius 2 is 1.44 bits per heavy atom. The van der Waals surface area contributed by atoms with Gasteiger partial charge in [-0.2, -0.15) is 0 Å². The van der Waals surface area contributed by atoms with E-state index in [9.17, 15) is 4.79 Å². The summed E-state index contributed by atoms with van der Waals surface area (Å²) >= 11 is 1.68. The van der Waals surface area contributed by atoms with Crippen molar-refractivity contribution in [1.29, 1.82) is 0 Å². The Bertz CT molecular complexity index is 929. The number of hydrogen-bond donors (Lipinski definition) is 0. The minimum absolute atomic E-state index is 0.0319. The molecule has 0 aliphatic carbocycles. The molecule has 4 aromatic rings. The highest BCUT2D eigenvalue weighted by atomic mass is 32.1. The fourth-order valence-electron chi connectivity index (χ4n) is 2.24. The van der Waals surface area contributed by atoms with E-state index in [4.69, 9.17) is 0 Å². The second-order valence-electron chi connectivity index (χ2n) is 5.29. The van der Waals surface area contributed by atoms with Crippen molar-refractivity contribution in [2.75, 3.05) is 0 Å². The van der Waals surface area contributed by atoms with Crippen molar-refractivity contribution in [2.24, 2.45) is 0 Å². The SMILES string of the molecule is O=C(C=Cc1ccccc1)c1ccccc1.c1ccc2scnc2c1. The number of carbonyl (C=O) groups excluding carboxylic acids is 1. The molecule has 0 saturated carbocycles. The summed E-state index contributed by atoms with van der Waals surface area (Å²) in [6.45, 7) is 0. The number of rotatable bonds is 3. The van der Waals surface area contributed by atoms with Crippen LogP contribution in [0.1, 0.15) is 15.9 Å². The Labute approximate surface area is 151 Å². The number of thiazole rings is 1. The molecule has 122 valence electrons. The maximum atomic E-state index is 11.7. The summed E-state index contributed by atoms with van der Waals surface area (Å²) in [5.74, 6) is 0.0319. The van der Waals surface area contributed by atoms with Crippen LogP contribution in [0.5, 0.6) is 0 Å². The molecule has 4 rings (SSSR count). The molecule has 25 heavy (non-hydrogen) atoms. The van der Waals surface area contributed by atoms with Crippen molar-refractivity contribution >= 4 is 33.4 Å². The van der Waals surface area contributed by atoms with Gasteiger partial charge in [0.05, 0.1) is 15.7 Å². The maximum Gasteiger partial charge on any atom is 0.185 e. The average molecular weight is 343 g/mol. The first-order chi connectivity index (χ1) is 12.3. The molecule has 0 radical (unpaired) electrons. The van der Waals surface area contributed by atoms with Gasteiger partial charge in [-0.3, -0.25) is 4.79 Å². The van der Waals surface area contributed by atoms with Gasteiger partial charge in [0.25, 0.3) is 0 Å². The number of benzene rings is 3. The number of allylic oxidation sites excluding steroid dienone is 1. The van der Waals surface area contributed by atoms with Gasteiger partial charge in [0.1, 0.15) is 0 Å². The molecular formula is C22H17NOS. The van der Waals surface area contributed by atoms with E-state index >= 15 is 0 Å². The van der Waals surface area contributed by atoms with Gasteiger partial charge < -0.3 is 0 Å². The molecule has 0 aliphatic heterocycles. The lowest BCUT2D eigenvalue weighted by Crippen LogP contribution is -1.92. The van der Waals surface area contributed by atoms with E-state index in [-0.39, 0.29) is 5.78 Å². The van der Waals surface area contributed by atoms with Crippen LogP contribution in [-0.2, 0) is 0 Å². The van der Waals surface area contributed by atoms with E-state index in [1.807, 2.05) is 90.4 Å². The lowest BCUT2D eigenvalue weighted by atomic mass is 10.1. The summed E-state index contributed by atoms with van der Waals surface area (Å²) in [6.07, 6.45) is 3.43. The number of para-hydroxylation sites is 1. The molecule has 0 saturated heterocycles. The highest BCUT2D eigenvalue weighted by Crippen LogP contribution is 2.15. The van der Waals surface area contributed by atoms with Crippen LogP contribution in [0.3, 0.4) is 0 Å². The Balaban J connectivity index is 0.000000170. The normalized spacial score (nSPS) is 10.4. The molecule has 0 amide bonds. The van der Waals surface area contributed by atoms with Crippen molar-refractivity contribution < 1.29 is 4.79 Å². The molecule has 0 aliphatic rings. The molecule has 1 heterocycles. The highest BCUT2D eigenvalue weighted by Gasteiger charge is 1.98. The van der Waals surface area contributed by atoms with E-state index < -0.39 is 0 Å². The predicted octanol–water partition coefficient (Wildman–Crippen LogP) is 5.88. The van der Waals surface area contributed by atoms with E-state index in [0.717, 1.165) is 16.6 Å². The summed E-state index contributed by atoms with van der Waals surface area (Å²) in [5, 5.41) is 0. The van der Waals surface area contributed by atoms with Crippen molar-refractivity contribution in [2.45, 2.75) is 0 Å². The molecule has 3 heteroatoms. The molecule has 0 unspecified atom stereocenters. The van der Waals surface area contributed by atoms with E-state index in [2.05, 4.69) is 11.1 Å². The standard InChI is InChI=1S/C15H12O.C7H5NS/c16-15(14-9-5-2-6-10-14)12-11-13-7-3-1-4-8-13;1-2-4-7-6(3-1)8-5-9-7/h1-12H;1-5H. The first-order valence-electron chi connectivity index (χ1n) is 7.94. The summed E-state index contributed by atoms with van der Waals surface area (Å²) in [7, 11) is 0. The van der Waals surface area contributed by atoms with Crippen molar-refractivity contribution in [3.05, 3.63) is 108 Å². The van der Waals surface area contributed by atoms with Gasteiger partial charge in [-0.05, 0) is 23.8 Å². The van der Waals surface area contributed by atoms with Crippen LogP contribution in [0.2, 0.25) is 0 Å². The largest absolute Gasteiger partial charge is 0.289 e. The third-order valence-electron chi connectivity index (χ3n) is 3.52. The molecular weight excluding hydrogens is 326 g/mol. The van der Waals surface area contributed by atoms with Crippen LogP contribution < -0.4 is 0 Å². The molecule has 0 atom stereocenters. The van der Waals surface area contributed by atoms with Crippen molar-refractivity contribution in [3.63, 3.8) is 0 Å². The van der Waals surface area contributed by atoms with Crippen LogP contribution in [0, 0.1) is 0 Å². The van der Waals surface area contributed by atoms with Gasteiger partial charge in [-0.25, -0.2) is 4.98 Å². The Hall–Kier alpha value is -3.04. The number of aromatic nitrogens is 1. The van der Waals surface area contributed by atoms with Crippen molar-refractivity contribution in [3.8, 4) is 0 Å². The summed E-state index contributed by atoms with van der Waals surface area (Å²) < 4.78 is 1.26. The lowest BCUT2D eigenvalue weighted by molar-refractivity contribution is 0.104. The first kappa shape index (κ1) is 16.8.